The minimum Gasteiger partial charge on any atom is -0.487 e. The lowest BCUT2D eigenvalue weighted by Gasteiger charge is -2.37. The highest BCUT2D eigenvalue weighted by molar-refractivity contribution is 5.29. The summed E-state index contributed by atoms with van der Waals surface area (Å²) in [6, 6.07) is 5.14. The van der Waals surface area contributed by atoms with Gasteiger partial charge in [-0.25, -0.2) is 4.39 Å². The first kappa shape index (κ1) is 14.8. The van der Waals surface area contributed by atoms with Crippen molar-refractivity contribution in [1.82, 2.24) is 5.32 Å². The first-order chi connectivity index (χ1) is 10.2. The molecule has 0 aliphatic carbocycles. The molecule has 5 heteroatoms. The quantitative estimate of drug-likeness (QED) is 0.925. The monoisotopic (exact) mass is 295 g/mol. The van der Waals surface area contributed by atoms with Gasteiger partial charge >= 0.3 is 0 Å². The molecule has 21 heavy (non-hydrogen) atoms. The summed E-state index contributed by atoms with van der Waals surface area (Å²) >= 11 is 0. The van der Waals surface area contributed by atoms with Crippen LogP contribution in [0.1, 0.15) is 24.8 Å². The van der Waals surface area contributed by atoms with Crippen molar-refractivity contribution >= 4 is 0 Å². The Labute approximate surface area is 124 Å². The van der Waals surface area contributed by atoms with Gasteiger partial charge in [0, 0.05) is 32.4 Å². The number of halogens is 1. The fourth-order valence-electron chi connectivity index (χ4n) is 3.08. The Balaban J connectivity index is 1.65. The summed E-state index contributed by atoms with van der Waals surface area (Å²) in [5, 5.41) is 3.01. The van der Waals surface area contributed by atoms with E-state index in [4.69, 9.17) is 14.2 Å². The van der Waals surface area contributed by atoms with Gasteiger partial charge in [0.05, 0.1) is 18.8 Å². The predicted molar refractivity (Wildman–Crippen MR) is 76.9 cm³/mol. The Morgan fingerprint density at radius 2 is 2.33 bits per heavy atom. The average Bonchev–Trinajstić information content (AvgIpc) is 2.90. The summed E-state index contributed by atoms with van der Waals surface area (Å²) in [5.41, 5.74) is 0.695. The number of benzene rings is 1. The van der Waals surface area contributed by atoms with E-state index in [2.05, 4.69) is 5.32 Å². The highest BCUT2D eigenvalue weighted by Crippen LogP contribution is 2.35. The zero-order chi connectivity index (χ0) is 14.7. The molecule has 0 aromatic heterocycles. The first-order valence-corrected chi connectivity index (χ1v) is 7.52. The van der Waals surface area contributed by atoms with Crippen LogP contribution in [0.25, 0.3) is 0 Å². The zero-order valence-electron chi connectivity index (χ0n) is 12.4. The molecule has 1 aromatic carbocycles. The third-order valence-corrected chi connectivity index (χ3v) is 4.19. The molecule has 0 saturated carbocycles. The molecule has 2 aliphatic heterocycles. The van der Waals surface area contributed by atoms with Crippen molar-refractivity contribution in [3.05, 3.63) is 29.6 Å². The molecule has 2 fully saturated rings. The van der Waals surface area contributed by atoms with Gasteiger partial charge in [0.2, 0.25) is 0 Å². The summed E-state index contributed by atoms with van der Waals surface area (Å²) < 4.78 is 31.3. The van der Waals surface area contributed by atoms with Gasteiger partial charge in [-0.15, -0.1) is 0 Å². The van der Waals surface area contributed by atoms with Crippen LogP contribution in [0.4, 0.5) is 4.39 Å². The Bertz CT molecular complexity index is 488. The van der Waals surface area contributed by atoms with E-state index < -0.39 is 0 Å². The van der Waals surface area contributed by atoms with E-state index in [9.17, 15) is 4.39 Å². The molecule has 1 N–H and O–H groups in total. The van der Waals surface area contributed by atoms with Gasteiger partial charge in [0.25, 0.3) is 0 Å². The molecule has 2 atom stereocenters. The summed E-state index contributed by atoms with van der Waals surface area (Å²) in [5.74, 6) is 0.0294. The topological polar surface area (TPSA) is 39.7 Å². The van der Waals surface area contributed by atoms with Crippen molar-refractivity contribution in [2.45, 2.75) is 37.5 Å². The predicted octanol–water partition coefficient (Wildman–Crippen LogP) is 2.26. The highest BCUT2D eigenvalue weighted by atomic mass is 19.1. The lowest BCUT2D eigenvalue weighted by atomic mass is 9.91. The molecule has 0 amide bonds. The van der Waals surface area contributed by atoms with Crippen LogP contribution < -0.4 is 10.1 Å². The second kappa shape index (κ2) is 6.30. The molecule has 0 radical (unpaired) electrons. The minimum absolute atomic E-state index is 0.00917. The second-order valence-electron chi connectivity index (χ2n) is 5.86. The zero-order valence-corrected chi connectivity index (χ0v) is 12.4. The van der Waals surface area contributed by atoms with E-state index in [0.29, 0.717) is 25.5 Å². The molecule has 2 heterocycles. The Morgan fingerprint density at radius 1 is 1.43 bits per heavy atom. The van der Waals surface area contributed by atoms with Gasteiger partial charge < -0.3 is 19.5 Å². The Hall–Kier alpha value is -1.17. The van der Waals surface area contributed by atoms with Crippen molar-refractivity contribution in [3.8, 4) is 5.75 Å². The van der Waals surface area contributed by atoms with Crippen LogP contribution in [0.3, 0.4) is 0 Å². The summed E-state index contributed by atoms with van der Waals surface area (Å²) in [6.45, 7) is 2.65. The second-order valence-corrected chi connectivity index (χ2v) is 5.86. The molecule has 116 valence electrons. The van der Waals surface area contributed by atoms with E-state index in [1.54, 1.807) is 6.07 Å². The third kappa shape index (κ3) is 3.36. The Morgan fingerprint density at radius 3 is 3.05 bits per heavy atom. The maximum Gasteiger partial charge on any atom is 0.165 e. The molecule has 3 rings (SSSR count). The maximum atomic E-state index is 14.1. The smallest absolute Gasteiger partial charge is 0.165 e. The molecular weight excluding hydrogens is 273 g/mol. The number of nitrogens with one attached hydrogen (secondary N) is 1. The SMILES string of the molecule is CNCc1ccc(OC2CCOC3(CCOC3)C2)c(F)c1. The standard InChI is InChI=1S/C16H22FNO3/c1-18-10-12-2-3-15(14(17)8-12)21-13-4-6-20-16(9-13)5-7-19-11-16/h2-3,8,13,18H,4-7,9-11H2,1H3. The summed E-state index contributed by atoms with van der Waals surface area (Å²) in [4.78, 5) is 0. The van der Waals surface area contributed by atoms with Crippen molar-refractivity contribution in [2.75, 3.05) is 26.9 Å². The van der Waals surface area contributed by atoms with Crippen molar-refractivity contribution in [1.29, 1.82) is 0 Å². The van der Waals surface area contributed by atoms with Gasteiger partial charge in [-0.05, 0) is 24.7 Å². The molecule has 0 bridgehead atoms. The fourth-order valence-corrected chi connectivity index (χ4v) is 3.08. The van der Waals surface area contributed by atoms with Crippen LogP contribution in [-0.2, 0) is 16.0 Å². The van der Waals surface area contributed by atoms with Gasteiger partial charge in [-0.2, -0.15) is 0 Å². The number of hydrogen-bond acceptors (Lipinski definition) is 4. The molecule has 2 saturated heterocycles. The van der Waals surface area contributed by atoms with Crippen LogP contribution in [0.5, 0.6) is 5.75 Å². The molecule has 1 aromatic rings. The minimum atomic E-state index is -0.300. The van der Waals surface area contributed by atoms with Crippen LogP contribution in [0.15, 0.2) is 18.2 Å². The van der Waals surface area contributed by atoms with E-state index in [-0.39, 0.29) is 17.5 Å². The molecular formula is C16H22FNO3. The normalized spacial score (nSPS) is 29.0. The van der Waals surface area contributed by atoms with Crippen LogP contribution >= 0.6 is 0 Å². The van der Waals surface area contributed by atoms with E-state index >= 15 is 0 Å². The van der Waals surface area contributed by atoms with Crippen LogP contribution in [0, 0.1) is 5.82 Å². The fraction of sp³-hybridized carbons (Fsp3) is 0.625. The van der Waals surface area contributed by atoms with Gasteiger partial charge in [-0.3, -0.25) is 0 Å². The third-order valence-electron chi connectivity index (χ3n) is 4.19. The number of rotatable bonds is 4. The highest BCUT2D eigenvalue weighted by Gasteiger charge is 2.41. The summed E-state index contributed by atoms with van der Waals surface area (Å²) in [6.07, 6.45) is 2.45. The lowest BCUT2D eigenvalue weighted by Crippen LogP contribution is -2.44. The van der Waals surface area contributed by atoms with Crippen LogP contribution in [-0.4, -0.2) is 38.6 Å². The number of hydrogen-bond donors (Lipinski definition) is 1. The largest absolute Gasteiger partial charge is 0.487 e. The number of ether oxygens (including phenoxy) is 3. The molecule has 1 spiro atoms. The van der Waals surface area contributed by atoms with Crippen molar-refractivity contribution in [2.24, 2.45) is 0 Å². The molecule has 2 unspecified atom stereocenters. The lowest BCUT2D eigenvalue weighted by molar-refractivity contribution is -0.112. The first-order valence-electron chi connectivity index (χ1n) is 7.52. The van der Waals surface area contributed by atoms with Gasteiger partial charge in [-0.1, -0.05) is 6.07 Å². The van der Waals surface area contributed by atoms with Crippen molar-refractivity contribution < 1.29 is 18.6 Å². The van der Waals surface area contributed by atoms with Gasteiger partial charge in [0.15, 0.2) is 11.6 Å². The van der Waals surface area contributed by atoms with Crippen LogP contribution in [0.2, 0.25) is 0 Å². The summed E-state index contributed by atoms with van der Waals surface area (Å²) in [7, 11) is 1.84. The molecule has 2 aliphatic rings. The average molecular weight is 295 g/mol. The Kier molecular flexibility index (Phi) is 4.42. The van der Waals surface area contributed by atoms with E-state index in [0.717, 1.165) is 31.4 Å². The van der Waals surface area contributed by atoms with E-state index in [1.807, 2.05) is 13.1 Å². The van der Waals surface area contributed by atoms with Crippen molar-refractivity contribution in [3.63, 3.8) is 0 Å². The maximum absolute atomic E-state index is 14.1. The van der Waals surface area contributed by atoms with E-state index in [1.165, 1.54) is 6.07 Å². The molecule has 4 nitrogen and oxygen atoms in total. The van der Waals surface area contributed by atoms with Gasteiger partial charge in [0.1, 0.15) is 6.10 Å².